The number of nitrogens with zero attached hydrogens (tertiary/aromatic N) is 2. The highest BCUT2D eigenvalue weighted by molar-refractivity contribution is 5.49. The first-order valence-electron chi connectivity index (χ1n) is 8.39. The third kappa shape index (κ3) is 2.19. The zero-order valence-corrected chi connectivity index (χ0v) is 12.7. The summed E-state index contributed by atoms with van der Waals surface area (Å²) in [5, 5.41) is 9.30. The monoisotopic (exact) mass is 302 g/mol. The zero-order chi connectivity index (χ0) is 15.1. The molecule has 1 atom stereocenters. The second-order valence-electron chi connectivity index (χ2n) is 6.80. The van der Waals surface area contributed by atoms with Crippen LogP contribution in [0, 0.1) is 17.1 Å². The molecule has 1 heterocycles. The van der Waals surface area contributed by atoms with Crippen LogP contribution < -0.4 is 4.74 Å². The summed E-state index contributed by atoms with van der Waals surface area (Å²) in [4.78, 5) is 2.64. The topological polar surface area (TPSA) is 36.3 Å². The number of nitriles is 1. The van der Waals surface area contributed by atoms with Gasteiger partial charge in [-0.3, -0.25) is 4.90 Å². The zero-order valence-electron chi connectivity index (χ0n) is 12.7. The van der Waals surface area contributed by atoms with E-state index in [4.69, 9.17) is 4.74 Å². The summed E-state index contributed by atoms with van der Waals surface area (Å²) in [7, 11) is 0. The lowest BCUT2D eigenvalue weighted by Crippen LogP contribution is -2.57. The van der Waals surface area contributed by atoms with Crippen LogP contribution in [0.2, 0.25) is 0 Å². The van der Waals surface area contributed by atoms with Gasteiger partial charge in [-0.15, -0.1) is 0 Å². The first kappa shape index (κ1) is 14.0. The van der Waals surface area contributed by atoms with Crippen LogP contribution in [0.5, 0.6) is 5.75 Å². The molecule has 1 aromatic rings. The Labute approximate surface area is 130 Å². The Morgan fingerprint density at radius 3 is 2.32 bits per heavy atom. The van der Waals surface area contributed by atoms with Crippen molar-refractivity contribution < 1.29 is 9.13 Å². The minimum Gasteiger partial charge on any atom is -0.489 e. The number of hydrogen-bond acceptors (Lipinski definition) is 3. The number of halogens is 1. The molecule has 4 rings (SSSR count). The van der Waals surface area contributed by atoms with Crippen molar-refractivity contribution in [1.82, 2.24) is 4.90 Å². The Hall–Kier alpha value is -1.60. The predicted octanol–water partition coefficient (Wildman–Crippen LogP) is 3.41. The summed E-state index contributed by atoms with van der Waals surface area (Å²) in [5.41, 5.74) is 1.32. The summed E-state index contributed by atoms with van der Waals surface area (Å²) in [6.45, 7) is 0.547. The second kappa shape index (κ2) is 5.55. The van der Waals surface area contributed by atoms with E-state index in [1.165, 1.54) is 44.6 Å². The molecule has 2 aliphatic carbocycles. The van der Waals surface area contributed by atoms with Gasteiger partial charge in [-0.1, -0.05) is 12.8 Å². The lowest BCUT2D eigenvalue weighted by molar-refractivity contribution is -0.0193. The maximum Gasteiger partial charge on any atom is 0.165 e. The van der Waals surface area contributed by atoms with Gasteiger partial charge in [-0.2, -0.15) is 5.26 Å². The van der Waals surface area contributed by atoms with E-state index in [-0.39, 0.29) is 11.9 Å². The van der Waals surface area contributed by atoms with Crippen molar-refractivity contribution in [2.75, 3.05) is 6.61 Å². The molecule has 22 heavy (non-hydrogen) atoms. The van der Waals surface area contributed by atoms with E-state index in [0.29, 0.717) is 30.0 Å². The molecular weight excluding hydrogens is 281 g/mol. The third-order valence-corrected chi connectivity index (χ3v) is 5.61. The van der Waals surface area contributed by atoms with Gasteiger partial charge in [0.25, 0.3) is 0 Å². The molecule has 0 N–H and O–H groups in total. The number of fused-ring (bicyclic) bond motifs is 1. The summed E-state index contributed by atoms with van der Waals surface area (Å²) in [5.74, 6) is -0.0382. The van der Waals surface area contributed by atoms with E-state index >= 15 is 0 Å². The van der Waals surface area contributed by atoms with Gasteiger partial charge in [0.05, 0.1) is 11.6 Å². The average molecular weight is 302 g/mol. The Morgan fingerprint density at radius 1 is 1.09 bits per heavy atom. The number of rotatable bonds is 3. The summed E-state index contributed by atoms with van der Waals surface area (Å²) >= 11 is 0. The number of hydrogen-bond donors (Lipinski definition) is 0. The Balaban J connectivity index is 1.62. The summed E-state index contributed by atoms with van der Waals surface area (Å²) in [6, 6.07) is 6.73. The van der Waals surface area contributed by atoms with Crippen LogP contribution in [0.1, 0.15) is 49.7 Å². The lowest BCUT2D eigenvalue weighted by Gasteiger charge is -2.51. The number of benzene rings is 1. The van der Waals surface area contributed by atoms with Crippen molar-refractivity contribution in [3.8, 4) is 11.8 Å². The normalized spacial score (nSPS) is 24.9. The van der Waals surface area contributed by atoms with Crippen LogP contribution in [0.25, 0.3) is 0 Å². The molecular formula is C18H21FN2O. The van der Waals surface area contributed by atoms with Gasteiger partial charge in [0.1, 0.15) is 6.61 Å². The largest absolute Gasteiger partial charge is 0.489 e. The van der Waals surface area contributed by atoms with Crippen LogP contribution in [-0.2, 0) is 6.42 Å². The minimum atomic E-state index is -0.341. The molecule has 4 heteroatoms. The van der Waals surface area contributed by atoms with Gasteiger partial charge in [0.15, 0.2) is 11.6 Å². The molecule has 116 valence electrons. The molecule has 0 saturated heterocycles. The van der Waals surface area contributed by atoms with Crippen LogP contribution in [-0.4, -0.2) is 29.6 Å². The van der Waals surface area contributed by atoms with Crippen molar-refractivity contribution in [2.24, 2.45) is 0 Å². The standard InChI is InChI=1S/C18H21FN2O/c19-17-8-7-12(10-20)16-9-15(11-22-18(16)17)21(13-3-1-4-13)14-5-2-6-14/h7-8,13-15H,1-6,9,11H2/t15-/m1/s1/i10+2. The smallest absolute Gasteiger partial charge is 0.165 e. The van der Waals surface area contributed by atoms with Crippen molar-refractivity contribution in [3.05, 3.63) is 29.1 Å². The fraction of sp³-hybridized carbons (Fsp3) is 0.611. The van der Waals surface area contributed by atoms with E-state index < -0.39 is 0 Å². The fourth-order valence-electron chi connectivity index (χ4n) is 3.99. The molecule has 0 spiro atoms. The lowest BCUT2D eigenvalue weighted by atomic mass is 9.82. The van der Waals surface area contributed by atoms with Gasteiger partial charge >= 0.3 is 0 Å². The molecule has 0 aromatic heterocycles. The maximum absolute atomic E-state index is 13.9. The summed E-state index contributed by atoms with van der Waals surface area (Å²) < 4.78 is 19.7. The van der Waals surface area contributed by atoms with Crippen molar-refractivity contribution in [3.63, 3.8) is 0 Å². The molecule has 2 fully saturated rings. The van der Waals surface area contributed by atoms with Crippen LogP contribution in [0.3, 0.4) is 0 Å². The molecule has 0 radical (unpaired) electrons. The average Bonchev–Trinajstić information content (AvgIpc) is 2.43. The highest BCUT2D eigenvalue weighted by atomic mass is 19.1. The Kier molecular flexibility index (Phi) is 3.54. The van der Waals surface area contributed by atoms with E-state index in [9.17, 15) is 9.65 Å². The van der Waals surface area contributed by atoms with Crippen LogP contribution in [0.15, 0.2) is 12.1 Å². The quantitative estimate of drug-likeness (QED) is 0.858. The van der Waals surface area contributed by atoms with E-state index in [1.54, 1.807) is 6.07 Å². The predicted molar refractivity (Wildman–Crippen MR) is 81.2 cm³/mol. The van der Waals surface area contributed by atoms with Crippen LogP contribution >= 0.6 is 0 Å². The number of ether oxygens (including phenoxy) is 1. The van der Waals surface area contributed by atoms with Crippen molar-refractivity contribution in [1.29, 1.82) is 5.26 Å². The third-order valence-electron chi connectivity index (χ3n) is 5.61. The molecule has 1 aliphatic heterocycles. The van der Waals surface area contributed by atoms with E-state index in [2.05, 4.69) is 11.0 Å². The molecule has 1 aromatic carbocycles. The first-order valence-corrected chi connectivity index (χ1v) is 8.39. The minimum absolute atomic E-state index is 0.289. The summed E-state index contributed by atoms with van der Waals surface area (Å²) in [6.07, 6.45) is 8.46. The van der Waals surface area contributed by atoms with Gasteiger partial charge < -0.3 is 4.74 Å². The SMILES string of the molecule is N#[14C]c1ccc(F)c2c1C[C@@H](N(C1CCC1)C1CCC1)CO2. The Morgan fingerprint density at radius 2 is 1.77 bits per heavy atom. The van der Waals surface area contributed by atoms with Gasteiger partial charge in [-0.05, 0) is 44.2 Å². The molecule has 3 nitrogen and oxygen atoms in total. The molecule has 3 aliphatic rings. The fourth-order valence-corrected chi connectivity index (χ4v) is 3.99. The molecule has 0 unspecified atom stereocenters. The van der Waals surface area contributed by atoms with Crippen molar-refractivity contribution in [2.45, 2.75) is 63.1 Å². The van der Waals surface area contributed by atoms with E-state index in [0.717, 1.165) is 12.0 Å². The molecule has 0 bridgehead atoms. The highest BCUT2D eigenvalue weighted by Gasteiger charge is 2.40. The maximum atomic E-state index is 13.9. The van der Waals surface area contributed by atoms with E-state index in [1.807, 2.05) is 0 Å². The first-order chi connectivity index (χ1) is 10.8. The second-order valence-corrected chi connectivity index (χ2v) is 6.80. The Bertz CT molecular complexity index is 602. The molecule has 0 amide bonds. The van der Waals surface area contributed by atoms with Crippen LogP contribution in [0.4, 0.5) is 4.39 Å². The van der Waals surface area contributed by atoms with Gasteiger partial charge in [0.2, 0.25) is 0 Å². The highest BCUT2D eigenvalue weighted by Crippen LogP contribution is 2.39. The van der Waals surface area contributed by atoms with Crippen molar-refractivity contribution >= 4 is 0 Å². The molecule has 2 saturated carbocycles. The van der Waals surface area contributed by atoms with Gasteiger partial charge in [-0.25, -0.2) is 4.39 Å². The van der Waals surface area contributed by atoms with Gasteiger partial charge in [0, 0.05) is 23.7 Å².